The van der Waals surface area contributed by atoms with Crippen molar-refractivity contribution < 1.29 is 14.6 Å². The highest BCUT2D eigenvalue weighted by molar-refractivity contribution is 5.87. The molecule has 23 heavy (non-hydrogen) atoms. The molecule has 1 aliphatic heterocycles. The minimum Gasteiger partial charge on any atom is -0.497 e. The zero-order valence-corrected chi connectivity index (χ0v) is 13.3. The van der Waals surface area contributed by atoms with E-state index in [1.54, 1.807) is 19.2 Å². The minimum atomic E-state index is -0.873. The first-order valence-corrected chi connectivity index (χ1v) is 7.86. The van der Waals surface area contributed by atoms with Crippen LogP contribution in [0.4, 0.5) is 0 Å². The first-order valence-electron chi connectivity index (χ1n) is 7.86. The summed E-state index contributed by atoms with van der Waals surface area (Å²) in [6.07, 6.45) is 2.00. The standard InChI is InChI=1S/C19H21NO3/c1-23-18-6-5-15-7-9-20(10-8-16(15)12-18)13-14-3-2-4-17(11-14)19(21)22/h2-6,11-12H,7-10,13H2,1H3,(H,21,22). The Hall–Kier alpha value is -2.33. The van der Waals surface area contributed by atoms with Crippen LogP contribution in [0.25, 0.3) is 0 Å². The molecule has 0 spiro atoms. The number of fused-ring (bicyclic) bond motifs is 1. The van der Waals surface area contributed by atoms with Gasteiger partial charge in [-0.3, -0.25) is 4.90 Å². The van der Waals surface area contributed by atoms with Crippen LogP contribution in [-0.4, -0.2) is 36.2 Å². The number of carboxylic acids is 1. The van der Waals surface area contributed by atoms with Gasteiger partial charge in [0.25, 0.3) is 0 Å². The van der Waals surface area contributed by atoms with Gasteiger partial charge in [-0.2, -0.15) is 0 Å². The molecular weight excluding hydrogens is 290 g/mol. The largest absolute Gasteiger partial charge is 0.497 e. The average molecular weight is 311 g/mol. The van der Waals surface area contributed by atoms with Crippen LogP contribution in [0, 0.1) is 0 Å². The lowest BCUT2D eigenvalue weighted by molar-refractivity contribution is 0.0696. The van der Waals surface area contributed by atoms with Crippen molar-refractivity contribution in [2.24, 2.45) is 0 Å². The maximum atomic E-state index is 11.1. The van der Waals surface area contributed by atoms with Gasteiger partial charge in [0.1, 0.15) is 5.75 Å². The molecule has 1 aliphatic rings. The molecule has 0 saturated carbocycles. The second-order valence-electron chi connectivity index (χ2n) is 5.92. The number of nitrogens with zero attached hydrogens (tertiary/aromatic N) is 1. The molecule has 1 heterocycles. The fourth-order valence-electron chi connectivity index (χ4n) is 3.09. The van der Waals surface area contributed by atoms with Crippen molar-refractivity contribution in [3.05, 3.63) is 64.7 Å². The van der Waals surface area contributed by atoms with Crippen molar-refractivity contribution in [1.82, 2.24) is 4.90 Å². The van der Waals surface area contributed by atoms with Crippen molar-refractivity contribution in [3.8, 4) is 5.75 Å². The van der Waals surface area contributed by atoms with Crippen LogP contribution in [0.3, 0.4) is 0 Å². The van der Waals surface area contributed by atoms with E-state index >= 15 is 0 Å². The van der Waals surface area contributed by atoms with E-state index in [0.717, 1.165) is 43.8 Å². The van der Waals surface area contributed by atoms with Gasteiger partial charge in [-0.1, -0.05) is 18.2 Å². The molecule has 0 atom stereocenters. The second-order valence-corrected chi connectivity index (χ2v) is 5.92. The summed E-state index contributed by atoms with van der Waals surface area (Å²) < 4.78 is 5.31. The summed E-state index contributed by atoms with van der Waals surface area (Å²) in [4.78, 5) is 13.5. The van der Waals surface area contributed by atoms with Crippen LogP contribution in [-0.2, 0) is 19.4 Å². The monoisotopic (exact) mass is 311 g/mol. The summed E-state index contributed by atoms with van der Waals surface area (Å²) in [6.45, 7) is 2.74. The Labute approximate surface area is 136 Å². The first kappa shape index (κ1) is 15.6. The summed E-state index contributed by atoms with van der Waals surface area (Å²) in [5.41, 5.74) is 4.14. The Morgan fingerprint density at radius 3 is 2.65 bits per heavy atom. The van der Waals surface area contributed by atoms with Gasteiger partial charge >= 0.3 is 5.97 Å². The summed E-state index contributed by atoms with van der Waals surface area (Å²) >= 11 is 0. The summed E-state index contributed by atoms with van der Waals surface area (Å²) in [7, 11) is 1.69. The van der Waals surface area contributed by atoms with E-state index in [2.05, 4.69) is 17.0 Å². The maximum absolute atomic E-state index is 11.1. The Bertz CT molecular complexity index is 712. The van der Waals surface area contributed by atoms with E-state index < -0.39 is 5.97 Å². The third-order valence-corrected chi connectivity index (χ3v) is 4.39. The zero-order chi connectivity index (χ0) is 16.2. The fraction of sp³-hybridized carbons (Fsp3) is 0.316. The molecule has 0 aliphatic carbocycles. The predicted octanol–water partition coefficient (Wildman–Crippen LogP) is 2.99. The van der Waals surface area contributed by atoms with E-state index in [9.17, 15) is 4.79 Å². The lowest BCUT2D eigenvalue weighted by Crippen LogP contribution is -2.26. The Kier molecular flexibility index (Phi) is 4.63. The van der Waals surface area contributed by atoms with Gasteiger partial charge in [0.2, 0.25) is 0 Å². The van der Waals surface area contributed by atoms with Crippen LogP contribution >= 0.6 is 0 Å². The summed E-state index contributed by atoms with van der Waals surface area (Å²) in [5, 5.41) is 9.10. The number of carboxylic acid groups (broad SMARTS) is 1. The zero-order valence-electron chi connectivity index (χ0n) is 13.3. The number of benzene rings is 2. The highest BCUT2D eigenvalue weighted by Gasteiger charge is 2.15. The molecule has 0 saturated heterocycles. The van der Waals surface area contributed by atoms with Crippen molar-refractivity contribution in [1.29, 1.82) is 0 Å². The molecule has 0 bridgehead atoms. The summed E-state index contributed by atoms with van der Waals surface area (Å²) in [5.74, 6) is 0.0357. The first-order chi connectivity index (χ1) is 11.2. The normalized spacial score (nSPS) is 14.8. The molecule has 0 radical (unpaired) electrons. The van der Waals surface area contributed by atoms with E-state index in [4.69, 9.17) is 9.84 Å². The second kappa shape index (κ2) is 6.84. The van der Waals surface area contributed by atoms with Crippen LogP contribution < -0.4 is 4.74 Å². The van der Waals surface area contributed by atoms with Gasteiger partial charge in [-0.15, -0.1) is 0 Å². The van der Waals surface area contributed by atoms with Crippen molar-refractivity contribution in [2.75, 3.05) is 20.2 Å². The molecule has 4 nitrogen and oxygen atoms in total. The molecule has 0 unspecified atom stereocenters. The van der Waals surface area contributed by atoms with Crippen LogP contribution in [0.5, 0.6) is 5.75 Å². The number of carbonyl (C=O) groups is 1. The molecular formula is C19H21NO3. The minimum absolute atomic E-state index is 0.352. The highest BCUT2D eigenvalue weighted by Crippen LogP contribution is 2.22. The van der Waals surface area contributed by atoms with Gasteiger partial charge in [0.05, 0.1) is 12.7 Å². The molecule has 3 rings (SSSR count). The Balaban J connectivity index is 1.70. The van der Waals surface area contributed by atoms with Crippen LogP contribution in [0.1, 0.15) is 27.0 Å². The van der Waals surface area contributed by atoms with Gasteiger partial charge in [0.15, 0.2) is 0 Å². The lowest BCUT2D eigenvalue weighted by Gasteiger charge is -2.19. The van der Waals surface area contributed by atoms with E-state index in [1.165, 1.54) is 11.1 Å². The molecule has 0 fully saturated rings. The van der Waals surface area contributed by atoms with Crippen molar-refractivity contribution in [2.45, 2.75) is 19.4 Å². The Morgan fingerprint density at radius 1 is 1.13 bits per heavy atom. The number of aromatic carboxylic acids is 1. The Morgan fingerprint density at radius 2 is 1.91 bits per heavy atom. The predicted molar refractivity (Wildman–Crippen MR) is 89.1 cm³/mol. The number of rotatable bonds is 4. The SMILES string of the molecule is COc1ccc2c(c1)CCN(Cc1cccc(C(=O)O)c1)CC2. The van der Waals surface area contributed by atoms with Gasteiger partial charge < -0.3 is 9.84 Å². The van der Waals surface area contributed by atoms with Gasteiger partial charge in [0, 0.05) is 19.6 Å². The molecule has 0 aromatic heterocycles. The van der Waals surface area contributed by atoms with Crippen LogP contribution in [0.15, 0.2) is 42.5 Å². The molecule has 0 amide bonds. The summed E-state index contributed by atoms with van der Waals surface area (Å²) in [6, 6.07) is 13.5. The van der Waals surface area contributed by atoms with Crippen molar-refractivity contribution in [3.63, 3.8) is 0 Å². The van der Waals surface area contributed by atoms with Gasteiger partial charge in [-0.25, -0.2) is 4.79 Å². The lowest BCUT2D eigenvalue weighted by atomic mass is 10.0. The molecule has 2 aromatic carbocycles. The smallest absolute Gasteiger partial charge is 0.335 e. The molecule has 4 heteroatoms. The van der Waals surface area contributed by atoms with Gasteiger partial charge in [-0.05, 0) is 53.8 Å². The van der Waals surface area contributed by atoms with Crippen LogP contribution in [0.2, 0.25) is 0 Å². The number of ether oxygens (including phenoxy) is 1. The molecule has 2 aromatic rings. The maximum Gasteiger partial charge on any atom is 0.335 e. The third-order valence-electron chi connectivity index (χ3n) is 4.39. The quantitative estimate of drug-likeness (QED) is 0.943. The van der Waals surface area contributed by atoms with E-state index in [1.807, 2.05) is 18.2 Å². The average Bonchev–Trinajstić information content (AvgIpc) is 2.77. The topological polar surface area (TPSA) is 49.8 Å². The number of methoxy groups -OCH3 is 1. The fourth-order valence-corrected chi connectivity index (χ4v) is 3.09. The third kappa shape index (κ3) is 3.71. The highest BCUT2D eigenvalue weighted by atomic mass is 16.5. The van der Waals surface area contributed by atoms with Crippen molar-refractivity contribution >= 4 is 5.97 Å². The number of hydrogen-bond acceptors (Lipinski definition) is 3. The molecule has 1 N–H and O–H groups in total. The molecule has 120 valence electrons. The van der Waals surface area contributed by atoms with E-state index in [-0.39, 0.29) is 0 Å². The number of hydrogen-bond donors (Lipinski definition) is 1. The van der Waals surface area contributed by atoms with E-state index in [0.29, 0.717) is 5.56 Å².